The van der Waals surface area contributed by atoms with Crippen LogP contribution in [0, 0.1) is 5.92 Å². The SMILES string of the molecule is CCCCCC(CCC)C(=O)O.[Cr]. The number of rotatable bonds is 7. The molecular formula is C10H20CrO2. The van der Waals surface area contributed by atoms with E-state index < -0.39 is 5.97 Å². The van der Waals surface area contributed by atoms with Crippen LogP contribution in [0.1, 0.15) is 52.4 Å². The molecule has 0 saturated carbocycles. The monoisotopic (exact) mass is 224 g/mol. The Balaban J connectivity index is 0. The van der Waals surface area contributed by atoms with Crippen LogP contribution in [-0.2, 0) is 22.2 Å². The van der Waals surface area contributed by atoms with Gasteiger partial charge in [0.25, 0.3) is 0 Å². The van der Waals surface area contributed by atoms with Crippen LogP contribution in [0.3, 0.4) is 0 Å². The number of aliphatic carboxylic acids is 1. The maximum atomic E-state index is 10.7. The minimum Gasteiger partial charge on any atom is -0.481 e. The molecule has 0 heterocycles. The van der Waals surface area contributed by atoms with Gasteiger partial charge in [0, 0.05) is 17.4 Å². The van der Waals surface area contributed by atoms with Gasteiger partial charge < -0.3 is 5.11 Å². The standard InChI is InChI=1S/C10H20O2.Cr/c1-3-5-6-8-9(7-4-2)10(11)12;/h9H,3-8H2,1-2H3,(H,11,12);. The predicted octanol–water partition coefficient (Wildman–Crippen LogP) is 3.07. The normalized spacial score (nSPS) is 11.8. The molecule has 0 rings (SSSR count). The van der Waals surface area contributed by atoms with Gasteiger partial charge in [0.05, 0.1) is 5.92 Å². The summed E-state index contributed by atoms with van der Waals surface area (Å²) in [5.41, 5.74) is 0. The van der Waals surface area contributed by atoms with Crippen molar-refractivity contribution in [3.8, 4) is 0 Å². The first-order valence-corrected chi connectivity index (χ1v) is 4.95. The molecule has 0 aliphatic heterocycles. The largest absolute Gasteiger partial charge is 0.481 e. The molecule has 0 spiro atoms. The molecule has 1 unspecified atom stereocenters. The Kier molecular flexibility index (Phi) is 12.0. The van der Waals surface area contributed by atoms with E-state index >= 15 is 0 Å². The summed E-state index contributed by atoms with van der Waals surface area (Å²) in [5, 5.41) is 8.80. The third-order valence-corrected chi connectivity index (χ3v) is 2.14. The van der Waals surface area contributed by atoms with Crippen LogP contribution < -0.4 is 0 Å². The average Bonchev–Trinajstić information content (AvgIpc) is 2.03. The molecule has 1 atom stereocenters. The third kappa shape index (κ3) is 8.34. The van der Waals surface area contributed by atoms with Crippen molar-refractivity contribution >= 4 is 5.97 Å². The minimum atomic E-state index is -0.618. The molecule has 0 fully saturated rings. The van der Waals surface area contributed by atoms with Gasteiger partial charge in [0.1, 0.15) is 0 Å². The van der Waals surface area contributed by atoms with Gasteiger partial charge in [-0.25, -0.2) is 0 Å². The van der Waals surface area contributed by atoms with Gasteiger partial charge in [-0.2, -0.15) is 0 Å². The molecule has 0 amide bonds. The molecular weight excluding hydrogens is 204 g/mol. The topological polar surface area (TPSA) is 37.3 Å². The molecule has 0 radical (unpaired) electrons. The fraction of sp³-hybridized carbons (Fsp3) is 0.900. The second-order valence-corrected chi connectivity index (χ2v) is 3.32. The van der Waals surface area contributed by atoms with Gasteiger partial charge in [-0.1, -0.05) is 39.5 Å². The second kappa shape index (κ2) is 10.1. The molecule has 2 nitrogen and oxygen atoms in total. The molecule has 0 saturated heterocycles. The average molecular weight is 224 g/mol. The summed E-state index contributed by atoms with van der Waals surface area (Å²) in [6, 6.07) is 0. The molecule has 0 aliphatic rings. The van der Waals surface area contributed by atoms with Crippen molar-refractivity contribution in [2.24, 2.45) is 5.92 Å². The first-order valence-electron chi connectivity index (χ1n) is 4.95. The van der Waals surface area contributed by atoms with Crippen molar-refractivity contribution in [1.82, 2.24) is 0 Å². The first-order chi connectivity index (χ1) is 5.72. The van der Waals surface area contributed by atoms with E-state index in [-0.39, 0.29) is 23.3 Å². The number of unbranched alkanes of at least 4 members (excludes halogenated alkanes) is 2. The maximum Gasteiger partial charge on any atom is 0.306 e. The quantitative estimate of drug-likeness (QED) is 0.675. The van der Waals surface area contributed by atoms with E-state index in [9.17, 15) is 4.79 Å². The molecule has 0 aliphatic carbocycles. The first kappa shape index (κ1) is 15.5. The van der Waals surface area contributed by atoms with Crippen LogP contribution in [-0.4, -0.2) is 11.1 Å². The summed E-state index contributed by atoms with van der Waals surface area (Å²) in [4.78, 5) is 10.7. The van der Waals surface area contributed by atoms with Crippen molar-refractivity contribution in [2.75, 3.05) is 0 Å². The molecule has 0 aromatic heterocycles. The Hall–Kier alpha value is 0.00247. The summed E-state index contributed by atoms with van der Waals surface area (Å²) in [6.45, 7) is 4.17. The molecule has 0 aromatic carbocycles. The molecule has 78 valence electrons. The Morgan fingerprint density at radius 2 is 1.77 bits per heavy atom. The molecule has 0 bridgehead atoms. The molecule has 13 heavy (non-hydrogen) atoms. The molecule has 0 aromatic rings. The fourth-order valence-corrected chi connectivity index (χ4v) is 1.38. The summed E-state index contributed by atoms with van der Waals surface area (Å²) >= 11 is 0. The van der Waals surface area contributed by atoms with Gasteiger partial charge in [-0.3, -0.25) is 4.79 Å². The predicted molar refractivity (Wildman–Crippen MR) is 50.2 cm³/mol. The number of hydrogen-bond donors (Lipinski definition) is 1. The van der Waals surface area contributed by atoms with Gasteiger partial charge in [-0.05, 0) is 12.8 Å². The van der Waals surface area contributed by atoms with Crippen LogP contribution in [0.25, 0.3) is 0 Å². The van der Waals surface area contributed by atoms with E-state index in [1.165, 1.54) is 6.42 Å². The van der Waals surface area contributed by atoms with Crippen molar-refractivity contribution in [3.05, 3.63) is 0 Å². The van der Waals surface area contributed by atoms with E-state index in [0.717, 1.165) is 32.1 Å². The Morgan fingerprint density at radius 1 is 1.15 bits per heavy atom. The smallest absolute Gasteiger partial charge is 0.306 e. The Morgan fingerprint density at radius 3 is 2.15 bits per heavy atom. The zero-order valence-electron chi connectivity index (χ0n) is 8.58. The molecule has 3 heteroatoms. The van der Waals surface area contributed by atoms with Gasteiger partial charge >= 0.3 is 5.97 Å². The number of hydrogen-bond acceptors (Lipinski definition) is 1. The summed E-state index contributed by atoms with van der Waals surface area (Å²) in [5.74, 6) is -0.713. The van der Waals surface area contributed by atoms with E-state index in [0.29, 0.717) is 0 Å². The van der Waals surface area contributed by atoms with Gasteiger partial charge in [0.2, 0.25) is 0 Å². The van der Waals surface area contributed by atoms with Crippen LogP contribution in [0.15, 0.2) is 0 Å². The Labute approximate surface area is 91.9 Å². The third-order valence-electron chi connectivity index (χ3n) is 2.14. The number of carbonyl (C=O) groups is 1. The minimum absolute atomic E-state index is 0. The summed E-state index contributed by atoms with van der Waals surface area (Å²) in [7, 11) is 0. The van der Waals surface area contributed by atoms with E-state index in [2.05, 4.69) is 6.92 Å². The van der Waals surface area contributed by atoms with Crippen LogP contribution in [0.2, 0.25) is 0 Å². The van der Waals surface area contributed by atoms with E-state index in [1.54, 1.807) is 0 Å². The van der Waals surface area contributed by atoms with E-state index in [1.807, 2.05) is 6.92 Å². The fourth-order valence-electron chi connectivity index (χ4n) is 1.38. The molecule has 1 N–H and O–H groups in total. The van der Waals surface area contributed by atoms with Crippen LogP contribution in [0.4, 0.5) is 0 Å². The van der Waals surface area contributed by atoms with E-state index in [4.69, 9.17) is 5.11 Å². The van der Waals surface area contributed by atoms with Crippen molar-refractivity contribution < 1.29 is 27.3 Å². The second-order valence-electron chi connectivity index (χ2n) is 3.32. The van der Waals surface area contributed by atoms with Crippen molar-refractivity contribution in [1.29, 1.82) is 0 Å². The van der Waals surface area contributed by atoms with Gasteiger partial charge in [0.15, 0.2) is 0 Å². The Bertz CT molecular complexity index is 126. The summed E-state index contributed by atoms with van der Waals surface area (Å²) < 4.78 is 0. The van der Waals surface area contributed by atoms with Crippen LogP contribution >= 0.6 is 0 Å². The van der Waals surface area contributed by atoms with Crippen molar-refractivity contribution in [2.45, 2.75) is 52.4 Å². The zero-order valence-corrected chi connectivity index (χ0v) is 9.86. The van der Waals surface area contributed by atoms with Crippen molar-refractivity contribution in [3.63, 3.8) is 0 Å². The van der Waals surface area contributed by atoms with Crippen LogP contribution in [0.5, 0.6) is 0 Å². The number of carboxylic acids is 1. The summed E-state index contributed by atoms with van der Waals surface area (Å²) in [6.07, 6.45) is 6.05. The number of carboxylic acid groups (broad SMARTS) is 1. The maximum absolute atomic E-state index is 10.7. The van der Waals surface area contributed by atoms with Gasteiger partial charge in [-0.15, -0.1) is 0 Å². The zero-order chi connectivity index (χ0) is 9.40.